The molecule has 7 heteroatoms. The van der Waals surface area contributed by atoms with Gasteiger partial charge in [-0.2, -0.15) is 0 Å². The highest BCUT2D eigenvalue weighted by atomic mass is 35.5. The Morgan fingerprint density at radius 2 is 1.71 bits per heavy atom. The first-order valence-corrected chi connectivity index (χ1v) is 9.20. The van der Waals surface area contributed by atoms with Crippen LogP contribution >= 0.6 is 12.4 Å². The number of piperidine rings is 1. The quantitative estimate of drug-likeness (QED) is 0.760. The molecule has 2 heterocycles. The van der Waals surface area contributed by atoms with Gasteiger partial charge in [0.1, 0.15) is 0 Å². The summed E-state index contributed by atoms with van der Waals surface area (Å²) in [7, 11) is 0. The topological polar surface area (TPSA) is 78.7 Å². The predicted octanol–water partition coefficient (Wildman–Crippen LogP) is 1.97. The van der Waals surface area contributed by atoms with E-state index in [1.165, 1.54) is 0 Å². The van der Waals surface area contributed by atoms with Gasteiger partial charge in [0.15, 0.2) is 0 Å². The lowest BCUT2D eigenvalue weighted by atomic mass is 9.95. The second-order valence-corrected chi connectivity index (χ2v) is 6.82. The number of nitrogens with one attached hydrogen (secondary N) is 1. The van der Waals surface area contributed by atoms with E-state index in [1.807, 2.05) is 9.80 Å². The first-order chi connectivity index (χ1) is 11.2. The standard InChI is InChI=1S/C17H32N4O2.ClH/c1-2-3-6-15(13-18)19-16(22)14-7-11-21(12-8-14)17(23)20-9-4-5-10-20;/h14-15H,2-13,18H2,1H3,(H,19,22);1H. The number of halogens is 1. The second-order valence-electron chi connectivity index (χ2n) is 6.82. The van der Waals surface area contributed by atoms with Crippen molar-refractivity contribution in [1.82, 2.24) is 15.1 Å². The molecule has 0 spiro atoms. The summed E-state index contributed by atoms with van der Waals surface area (Å²) in [5, 5.41) is 3.09. The van der Waals surface area contributed by atoms with Crippen LogP contribution in [0.3, 0.4) is 0 Å². The van der Waals surface area contributed by atoms with Crippen molar-refractivity contribution in [2.24, 2.45) is 11.7 Å². The first-order valence-electron chi connectivity index (χ1n) is 9.20. The molecule has 0 aromatic heterocycles. The molecule has 24 heavy (non-hydrogen) atoms. The van der Waals surface area contributed by atoms with E-state index in [-0.39, 0.29) is 36.3 Å². The fraction of sp³-hybridized carbons (Fsp3) is 0.882. The summed E-state index contributed by atoms with van der Waals surface area (Å²) in [5.41, 5.74) is 5.75. The van der Waals surface area contributed by atoms with Crippen molar-refractivity contribution in [2.45, 2.75) is 57.9 Å². The molecular weight excluding hydrogens is 328 g/mol. The molecule has 1 atom stereocenters. The van der Waals surface area contributed by atoms with Crippen molar-refractivity contribution >= 4 is 24.3 Å². The molecule has 2 saturated heterocycles. The Labute approximate surface area is 151 Å². The first kappa shape index (κ1) is 21.0. The highest BCUT2D eigenvalue weighted by Crippen LogP contribution is 2.20. The van der Waals surface area contributed by atoms with Gasteiger partial charge in [-0.1, -0.05) is 19.8 Å². The second kappa shape index (κ2) is 10.8. The summed E-state index contributed by atoms with van der Waals surface area (Å²) in [6.45, 7) is 5.79. The largest absolute Gasteiger partial charge is 0.352 e. The molecule has 1 unspecified atom stereocenters. The number of carbonyl (C=O) groups excluding carboxylic acids is 2. The number of carbonyl (C=O) groups is 2. The highest BCUT2D eigenvalue weighted by Gasteiger charge is 2.30. The lowest BCUT2D eigenvalue weighted by molar-refractivity contribution is -0.127. The zero-order valence-electron chi connectivity index (χ0n) is 14.8. The van der Waals surface area contributed by atoms with Crippen molar-refractivity contribution in [3.63, 3.8) is 0 Å². The molecular formula is C17H33ClN4O2. The Balaban J connectivity index is 0.00000288. The molecule has 2 aliphatic rings. The number of unbranched alkanes of at least 4 members (excludes halogenated alkanes) is 1. The zero-order chi connectivity index (χ0) is 16.7. The van der Waals surface area contributed by atoms with E-state index in [2.05, 4.69) is 12.2 Å². The highest BCUT2D eigenvalue weighted by molar-refractivity contribution is 5.85. The van der Waals surface area contributed by atoms with Crippen LogP contribution in [-0.2, 0) is 4.79 Å². The fourth-order valence-corrected chi connectivity index (χ4v) is 3.46. The summed E-state index contributed by atoms with van der Waals surface area (Å²) >= 11 is 0. The molecule has 3 amide bonds. The van der Waals surface area contributed by atoms with Gasteiger partial charge in [0.2, 0.25) is 5.91 Å². The molecule has 0 aromatic rings. The maximum Gasteiger partial charge on any atom is 0.319 e. The van der Waals surface area contributed by atoms with Gasteiger partial charge in [-0.3, -0.25) is 4.79 Å². The maximum atomic E-state index is 12.4. The molecule has 2 aliphatic heterocycles. The van der Waals surface area contributed by atoms with Gasteiger partial charge in [-0.15, -0.1) is 12.4 Å². The third-order valence-electron chi connectivity index (χ3n) is 5.05. The van der Waals surface area contributed by atoms with Crippen LogP contribution < -0.4 is 11.1 Å². The minimum Gasteiger partial charge on any atom is -0.352 e. The molecule has 3 N–H and O–H groups in total. The van der Waals surface area contributed by atoms with Crippen molar-refractivity contribution in [2.75, 3.05) is 32.7 Å². The Morgan fingerprint density at radius 3 is 2.25 bits per heavy atom. The van der Waals surface area contributed by atoms with Crippen LogP contribution in [0.5, 0.6) is 0 Å². The van der Waals surface area contributed by atoms with Crippen LogP contribution in [0.25, 0.3) is 0 Å². The fourth-order valence-electron chi connectivity index (χ4n) is 3.46. The molecule has 0 bridgehead atoms. The van der Waals surface area contributed by atoms with E-state index < -0.39 is 0 Å². The van der Waals surface area contributed by atoms with E-state index in [1.54, 1.807) is 0 Å². The smallest absolute Gasteiger partial charge is 0.319 e. The summed E-state index contributed by atoms with van der Waals surface area (Å²) in [4.78, 5) is 28.6. The maximum absolute atomic E-state index is 12.4. The number of urea groups is 1. The monoisotopic (exact) mass is 360 g/mol. The molecule has 0 saturated carbocycles. The van der Waals surface area contributed by atoms with Crippen LogP contribution in [0.1, 0.15) is 51.9 Å². The van der Waals surface area contributed by atoms with Gasteiger partial charge in [0.25, 0.3) is 0 Å². The lowest BCUT2D eigenvalue weighted by Gasteiger charge is -2.34. The number of hydrogen-bond acceptors (Lipinski definition) is 3. The number of hydrogen-bond donors (Lipinski definition) is 2. The van der Waals surface area contributed by atoms with Gasteiger partial charge in [0.05, 0.1) is 0 Å². The Hall–Kier alpha value is -1.01. The Morgan fingerprint density at radius 1 is 1.12 bits per heavy atom. The number of nitrogens with zero attached hydrogens (tertiary/aromatic N) is 2. The van der Waals surface area contributed by atoms with Crippen molar-refractivity contribution in [3.8, 4) is 0 Å². The van der Waals surface area contributed by atoms with Crippen molar-refractivity contribution in [3.05, 3.63) is 0 Å². The van der Waals surface area contributed by atoms with Gasteiger partial charge in [0, 0.05) is 44.7 Å². The van der Waals surface area contributed by atoms with Gasteiger partial charge in [-0.25, -0.2) is 4.79 Å². The summed E-state index contributed by atoms with van der Waals surface area (Å²) in [6.07, 6.45) is 6.90. The van der Waals surface area contributed by atoms with E-state index >= 15 is 0 Å². The van der Waals surface area contributed by atoms with Gasteiger partial charge < -0.3 is 20.9 Å². The van der Waals surface area contributed by atoms with Crippen LogP contribution in [0.4, 0.5) is 4.79 Å². The summed E-state index contributed by atoms with van der Waals surface area (Å²) in [6, 6.07) is 0.246. The van der Waals surface area contributed by atoms with E-state index in [9.17, 15) is 9.59 Å². The van der Waals surface area contributed by atoms with Crippen molar-refractivity contribution < 1.29 is 9.59 Å². The normalized spacial score (nSPS) is 19.8. The third kappa shape index (κ3) is 5.81. The number of amides is 3. The van der Waals surface area contributed by atoms with E-state index in [0.717, 1.165) is 58.0 Å². The average Bonchev–Trinajstić information content (AvgIpc) is 3.12. The van der Waals surface area contributed by atoms with Gasteiger partial charge in [-0.05, 0) is 32.1 Å². The van der Waals surface area contributed by atoms with E-state index in [0.29, 0.717) is 19.6 Å². The van der Waals surface area contributed by atoms with Crippen LogP contribution in [0, 0.1) is 5.92 Å². The third-order valence-corrected chi connectivity index (χ3v) is 5.05. The average molecular weight is 361 g/mol. The molecule has 140 valence electrons. The van der Waals surface area contributed by atoms with E-state index in [4.69, 9.17) is 5.73 Å². The minimum atomic E-state index is 0. The van der Waals surface area contributed by atoms with Crippen LogP contribution in [-0.4, -0.2) is 60.5 Å². The summed E-state index contributed by atoms with van der Waals surface area (Å²) < 4.78 is 0. The molecule has 6 nitrogen and oxygen atoms in total. The van der Waals surface area contributed by atoms with Crippen molar-refractivity contribution in [1.29, 1.82) is 0 Å². The van der Waals surface area contributed by atoms with Crippen LogP contribution in [0.2, 0.25) is 0 Å². The molecule has 0 aliphatic carbocycles. The SMILES string of the molecule is CCCCC(CN)NC(=O)C1CCN(C(=O)N2CCCC2)CC1.Cl. The molecule has 0 radical (unpaired) electrons. The lowest BCUT2D eigenvalue weighted by Crippen LogP contribution is -2.49. The minimum absolute atomic E-state index is 0. The van der Waals surface area contributed by atoms with Gasteiger partial charge >= 0.3 is 6.03 Å². The number of likely N-dealkylation sites (tertiary alicyclic amines) is 2. The summed E-state index contributed by atoms with van der Waals surface area (Å²) in [5.74, 6) is 0.137. The molecule has 0 aromatic carbocycles. The molecule has 2 fully saturated rings. The Kier molecular flexibility index (Phi) is 9.44. The predicted molar refractivity (Wildman–Crippen MR) is 98.3 cm³/mol. The Bertz CT molecular complexity index is 394. The number of nitrogens with two attached hydrogens (primary N) is 1. The molecule has 2 rings (SSSR count). The number of rotatable bonds is 6. The zero-order valence-corrected chi connectivity index (χ0v) is 15.7. The van der Waals surface area contributed by atoms with Crippen LogP contribution in [0.15, 0.2) is 0 Å².